The van der Waals surface area contributed by atoms with Gasteiger partial charge in [0.05, 0.1) is 13.2 Å². The summed E-state index contributed by atoms with van der Waals surface area (Å²) in [6, 6.07) is 0. The highest BCUT2D eigenvalue weighted by Gasteiger charge is 2.60. The summed E-state index contributed by atoms with van der Waals surface area (Å²) in [6.45, 7) is 9.88. The van der Waals surface area contributed by atoms with Crippen LogP contribution in [0.5, 0.6) is 0 Å². The van der Waals surface area contributed by atoms with Crippen molar-refractivity contribution in [3.63, 3.8) is 0 Å². The monoisotopic (exact) mass is 550 g/mol. The largest absolute Gasteiger partial charge is 0.474 e. The number of phosphoric acid groups is 1. The fourth-order valence-corrected chi connectivity index (χ4v) is 6.22. The van der Waals surface area contributed by atoms with E-state index in [1.165, 1.54) is 64.9 Å². The molecular formula is C27H51O9P. The van der Waals surface area contributed by atoms with E-state index in [-0.39, 0.29) is 6.61 Å². The molecule has 1 unspecified atom stereocenters. The molecule has 0 aromatic carbocycles. The van der Waals surface area contributed by atoms with E-state index in [0.29, 0.717) is 6.61 Å². The molecule has 0 N–H and O–H groups in total. The lowest BCUT2D eigenvalue weighted by molar-refractivity contribution is -0.239. The Morgan fingerprint density at radius 2 is 1.19 bits per heavy atom. The van der Waals surface area contributed by atoms with Gasteiger partial charge in [-0.15, -0.1) is 0 Å². The third kappa shape index (κ3) is 9.80. The Morgan fingerprint density at radius 1 is 0.676 bits per heavy atom. The number of hydrogen-bond acceptors (Lipinski definition) is 9. The van der Waals surface area contributed by atoms with Crippen LogP contribution in [0.15, 0.2) is 0 Å². The lowest BCUT2D eigenvalue weighted by Gasteiger charge is -2.37. The minimum absolute atomic E-state index is 0.0445. The molecular weight excluding hydrogens is 499 g/mol. The molecule has 0 bridgehead atoms. The third-order valence-electron chi connectivity index (χ3n) is 7.12. The first-order valence-corrected chi connectivity index (χ1v) is 15.9. The van der Waals surface area contributed by atoms with Crippen LogP contribution in [-0.2, 0) is 41.8 Å². The van der Waals surface area contributed by atoms with Gasteiger partial charge in [-0.05, 0) is 34.1 Å². The average molecular weight is 551 g/mol. The minimum Gasteiger partial charge on any atom is -0.342 e. The highest BCUT2D eigenvalue weighted by Crippen LogP contribution is 2.50. The molecule has 0 aromatic rings. The molecule has 3 heterocycles. The maximum Gasteiger partial charge on any atom is 0.474 e. The van der Waals surface area contributed by atoms with Gasteiger partial charge in [0.15, 0.2) is 17.9 Å². The number of ether oxygens (including phenoxy) is 5. The zero-order valence-electron chi connectivity index (χ0n) is 23.9. The van der Waals surface area contributed by atoms with Gasteiger partial charge in [-0.25, -0.2) is 4.57 Å². The van der Waals surface area contributed by atoms with Crippen molar-refractivity contribution in [1.82, 2.24) is 0 Å². The summed E-state index contributed by atoms with van der Waals surface area (Å²) in [5, 5.41) is 0. The lowest BCUT2D eigenvalue weighted by Crippen LogP contribution is -2.56. The van der Waals surface area contributed by atoms with Crippen LogP contribution >= 0.6 is 7.82 Å². The van der Waals surface area contributed by atoms with Gasteiger partial charge in [-0.3, -0.25) is 13.6 Å². The van der Waals surface area contributed by atoms with Crippen LogP contribution in [0.4, 0.5) is 0 Å². The molecule has 3 aliphatic heterocycles. The van der Waals surface area contributed by atoms with Crippen LogP contribution in [0.1, 0.15) is 112 Å². The van der Waals surface area contributed by atoms with Gasteiger partial charge >= 0.3 is 7.82 Å². The molecule has 10 heteroatoms. The molecule has 0 spiro atoms. The van der Waals surface area contributed by atoms with E-state index in [0.717, 1.165) is 19.3 Å². The second-order valence-corrected chi connectivity index (χ2v) is 13.1. The van der Waals surface area contributed by atoms with Crippen LogP contribution < -0.4 is 0 Å². The summed E-state index contributed by atoms with van der Waals surface area (Å²) in [5.41, 5.74) is 0. The van der Waals surface area contributed by atoms with Crippen molar-refractivity contribution < 1.29 is 41.8 Å². The molecule has 0 saturated carbocycles. The zero-order valence-corrected chi connectivity index (χ0v) is 24.8. The maximum absolute atomic E-state index is 13.0. The van der Waals surface area contributed by atoms with Crippen molar-refractivity contribution in [3.05, 3.63) is 0 Å². The summed E-state index contributed by atoms with van der Waals surface area (Å²) in [4.78, 5) is 0. The van der Waals surface area contributed by atoms with Crippen molar-refractivity contribution in [2.24, 2.45) is 0 Å². The zero-order chi connectivity index (χ0) is 26.9. The number of hydrogen-bond donors (Lipinski definition) is 0. The fourth-order valence-electron chi connectivity index (χ4n) is 5.25. The topological polar surface area (TPSA) is 90.9 Å². The SMILES string of the molecule is CCCCCCCCCCCCCCOP(=O)(OC)OC[C@H]1O[C@@H]2OC(C)(C)O[C@@H]2[C@H]2OC(C)(C)O[C@H]21. The van der Waals surface area contributed by atoms with Crippen molar-refractivity contribution in [2.75, 3.05) is 20.3 Å². The normalized spacial score (nSPS) is 31.7. The van der Waals surface area contributed by atoms with Gasteiger partial charge in [0.25, 0.3) is 0 Å². The Balaban J connectivity index is 1.33. The first-order valence-electron chi connectivity index (χ1n) is 14.4. The second-order valence-electron chi connectivity index (χ2n) is 11.4. The van der Waals surface area contributed by atoms with Crippen LogP contribution in [-0.4, -0.2) is 62.6 Å². The first kappa shape index (κ1) is 31.4. The van der Waals surface area contributed by atoms with E-state index in [1.807, 2.05) is 27.7 Å². The quantitative estimate of drug-likeness (QED) is 0.134. The predicted octanol–water partition coefficient (Wildman–Crippen LogP) is 6.87. The molecule has 6 atom stereocenters. The molecule has 0 radical (unpaired) electrons. The smallest absolute Gasteiger partial charge is 0.342 e. The number of unbranched alkanes of at least 4 members (excludes halogenated alkanes) is 11. The predicted molar refractivity (Wildman–Crippen MR) is 140 cm³/mol. The number of rotatable bonds is 18. The van der Waals surface area contributed by atoms with Gasteiger partial charge < -0.3 is 23.7 Å². The van der Waals surface area contributed by atoms with E-state index < -0.39 is 50.1 Å². The molecule has 0 aromatic heterocycles. The number of phosphoric ester groups is 1. The highest BCUT2D eigenvalue weighted by molar-refractivity contribution is 7.48. The van der Waals surface area contributed by atoms with Crippen molar-refractivity contribution in [3.8, 4) is 0 Å². The Labute approximate surface area is 224 Å². The minimum atomic E-state index is -3.72. The molecule has 3 rings (SSSR count). The van der Waals surface area contributed by atoms with Crippen molar-refractivity contribution in [1.29, 1.82) is 0 Å². The van der Waals surface area contributed by atoms with Gasteiger partial charge in [-0.2, -0.15) is 0 Å². The standard InChI is InChI=1S/C27H51O9P/c1-7-8-9-10-11-12-13-14-15-16-17-18-19-30-37(28,29-6)31-20-21-22-23(34-26(2,3)33-22)24-25(32-21)36-27(4,5)35-24/h21-25H,7-20H2,1-6H3/t21-,22+,23+,24-,25-,37?/m1/s1. The molecule has 9 nitrogen and oxygen atoms in total. The van der Waals surface area contributed by atoms with Crippen LogP contribution in [0.3, 0.4) is 0 Å². The molecule has 218 valence electrons. The van der Waals surface area contributed by atoms with E-state index >= 15 is 0 Å². The molecule has 3 saturated heterocycles. The van der Waals surface area contributed by atoms with Crippen LogP contribution in [0.2, 0.25) is 0 Å². The molecule has 3 aliphatic rings. The van der Waals surface area contributed by atoms with Gasteiger partial charge in [0.1, 0.15) is 24.4 Å². The van der Waals surface area contributed by atoms with E-state index in [2.05, 4.69) is 6.92 Å². The Morgan fingerprint density at radius 3 is 1.78 bits per heavy atom. The van der Waals surface area contributed by atoms with Gasteiger partial charge in [0, 0.05) is 7.11 Å². The summed E-state index contributed by atoms with van der Waals surface area (Å²) in [5.74, 6) is -1.61. The van der Waals surface area contributed by atoms with Gasteiger partial charge in [-0.1, -0.05) is 77.6 Å². The highest BCUT2D eigenvalue weighted by atomic mass is 31.2. The summed E-state index contributed by atoms with van der Waals surface area (Å²) in [7, 11) is -2.39. The van der Waals surface area contributed by atoms with Gasteiger partial charge in [0.2, 0.25) is 0 Å². The summed E-state index contributed by atoms with van der Waals surface area (Å²) >= 11 is 0. The third-order valence-corrected chi connectivity index (χ3v) is 8.53. The first-order chi connectivity index (χ1) is 17.6. The summed E-state index contributed by atoms with van der Waals surface area (Å²) < 4.78 is 59.6. The van der Waals surface area contributed by atoms with Crippen molar-refractivity contribution >= 4 is 7.82 Å². The second kappa shape index (κ2) is 14.5. The maximum atomic E-state index is 13.0. The molecule has 37 heavy (non-hydrogen) atoms. The molecule has 0 amide bonds. The number of fused-ring (bicyclic) bond motifs is 3. The van der Waals surface area contributed by atoms with Crippen molar-refractivity contribution in [2.45, 2.75) is 154 Å². The average Bonchev–Trinajstić information content (AvgIpc) is 3.34. The molecule has 3 fully saturated rings. The van der Waals surface area contributed by atoms with Crippen LogP contribution in [0.25, 0.3) is 0 Å². The Kier molecular flexibility index (Phi) is 12.3. The van der Waals surface area contributed by atoms with E-state index in [9.17, 15) is 4.57 Å². The summed E-state index contributed by atoms with van der Waals surface area (Å²) in [6.07, 6.45) is 12.5. The molecule has 0 aliphatic carbocycles. The Hall–Kier alpha value is -0.0900. The van der Waals surface area contributed by atoms with E-state index in [4.69, 9.17) is 37.3 Å². The van der Waals surface area contributed by atoms with Crippen LogP contribution in [0, 0.1) is 0 Å². The van der Waals surface area contributed by atoms with E-state index in [1.54, 1.807) is 0 Å². The Bertz CT molecular complexity index is 716. The fraction of sp³-hybridized carbons (Fsp3) is 1.00. The lowest BCUT2D eigenvalue weighted by atomic mass is 9.99.